The van der Waals surface area contributed by atoms with Crippen LogP contribution < -0.4 is 0 Å². The zero-order chi connectivity index (χ0) is 21.3. The summed E-state index contributed by atoms with van der Waals surface area (Å²) in [4.78, 5) is 7.54. The SMILES string of the molecule is c1ccc(-c2ccc(-c3cn4c5ccccc5n(CCN5CCOCC5)c4n3)cc2)cc1. The number of fused-ring (bicyclic) bond motifs is 3. The first-order chi connectivity index (χ1) is 15.9. The molecule has 1 aliphatic heterocycles. The zero-order valence-electron chi connectivity index (χ0n) is 18.0. The Labute approximate surface area is 187 Å². The number of hydrogen-bond donors (Lipinski definition) is 0. The van der Waals surface area contributed by atoms with Gasteiger partial charge in [0.05, 0.1) is 29.9 Å². The molecular formula is C27H26N4O. The van der Waals surface area contributed by atoms with Gasteiger partial charge in [0.25, 0.3) is 0 Å². The lowest BCUT2D eigenvalue weighted by molar-refractivity contribution is 0.0366. The third-order valence-electron chi connectivity index (χ3n) is 6.39. The van der Waals surface area contributed by atoms with Crippen LogP contribution in [0.3, 0.4) is 0 Å². The van der Waals surface area contributed by atoms with Gasteiger partial charge in [-0.15, -0.1) is 0 Å². The molecule has 1 aliphatic rings. The molecule has 32 heavy (non-hydrogen) atoms. The molecule has 0 atom stereocenters. The van der Waals surface area contributed by atoms with E-state index in [1.807, 2.05) is 6.07 Å². The quantitative estimate of drug-likeness (QED) is 0.402. The fraction of sp³-hybridized carbons (Fsp3) is 0.222. The van der Waals surface area contributed by atoms with Crippen molar-refractivity contribution in [1.29, 1.82) is 0 Å². The van der Waals surface area contributed by atoms with Crippen molar-refractivity contribution in [3.8, 4) is 22.4 Å². The first-order valence-electron chi connectivity index (χ1n) is 11.3. The molecule has 5 nitrogen and oxygen atoms in total. The van der Waals surface area contributed by atoms with E-state index in [0.717, 1.165) is 56.4 Å². The van der Waals surface area contributed by atoms with Crippen LogP contribution in [-0.2, 0) is 11.3 Å². The van der Waals surface area contributed by atoms with E-state index in [2.05, 4.69) is 92.9 Å². The summed E-state index contributed by atoms with van der Waals surface area (Å²) in [5.41, 5.74) is 7.02. The van der Waals surface area contributed by atoms with Crippen molar-refractivity contribution in [3.05, 3.63) is 85.1 Å². The Bertz CT molecular complexity index is 1350. The van der Waals surface area contributed by atoms with Gasteiger partial charge in [0.1, 0.15) is 0 Å². The molecule has 0 saturated carbocycles. The summed E-state index contributed by atoms with van der Waals surface area (Å²) in [6.45, 7) is 5.58. The fourth-order valence-electron chi connectivity index (χ4n) is 4.63. The lowest BCUT2D eigenvalue weighted by Crippen LogP contribution is -2.38. The van der Waals surface area contributed by atoms with Gasteiger partial charge in [-0.25, -0.2) is 4.98 Å². The van der Waals surface area contributed by atoms with Gasteiger partial charge in [-0.05, 0) is 23.3 Å². The minimum atomic E-state index is 0.828. The first-order valence-corrected chi connectivity index (χ1v) is 11.3. The second-order valence-corrected chi connectivity index (χ2v) is 8.33. The molecule has 5 aromatic rings. The summed E-state index contributed by atoms with van der Waals surface area (Å²) in [6, 6.07) is 27.8. The van der Waals surface area contributed by atoms with E-state index >= 15 is 0 Å². The second kappa shape index (κ2) is 8.26. The van der Waals surface area contributed by atoms with Crippen LogP contribution in [0.25, 0.3) is 39.2 Å². The fourth-order valence-corrected chi connectivity index (χ4v) is 4.63. The molecule has 0 bridgehead atoms. The largest absolute Gasteiger partial charge is 0.379 e. The average molecular weight is 423 g/mol. The Morgan fingerprint density at radius 2 is 1.34 bits per heavy atom. The van der Waals surface area contributed by atoms with Crippen molar-refractivity contribution in [2.45, 2.75) is 6.54 Å². The molecule has 0 radical (unpaired) electrons. The maximum absolute atomic E-state index is 5.50. The monoisotopic (exact) mass is 422 g/mol. The standard InChI is InChI=1S/C27H26N4O/c1-2-6-21(7-3-1)22-10-12-23(13-11-22)24-20-31-26-9-5-4-8-25(26)30(27(31)28-24)15-14-29-16-18-32-19-17-29/h1-13,20H,14-19H2. The number of morpholine rings is 1. The maximum atomic E-state index is 5.50. The number of aromatic nitrogens is 3. The van der Waals surface area contributed by atoms with Crippen LogP contribution in [0.4, 0.5) is 0 Å². The van der Waals surface area contributed by atoms with Crippen LogP contribution in [0.5, 0.6) is 0 Å². The molecule has 1 fully saturated rings. The first kappa shape index (κ1) is 19.3. The minimum absolute atomic E-state index is 0.828. The Hall–Kier alpha value is -3.41. The molecule has 0 amide bonds. The molecule has 3 aromatic carbocycles. The Balaban J connectivity index is 1.35. The van der Waals surface area contributed by atoms with E-state index in [9.17, 15) is 0 Å². The molecule has 2 aromatic heterocycles. The highest BCUT2D eigenvalue weighted by atomic mass is 16.5. The van der Waals surface area contributed by atoms with E-state index in [0.29, 0.717) is 0 Å². The van der Waals surface area contributed by atoms with Crippen molar-refractivity contribution < 1.29 is 4.74 Å². The molecule has 3 heterocycles. The van der Waals surface area contributed by atoms with Gasteiger partial charge < -0.3 is 9.30 Å². The van der Waals surface area contributed by atoms with Gasteiger partial charge >= 0.3 is 0 Å². The summed E-state index contributed by atoms with van der Waals surface area (Å²) in [5, 5.41) is 0. The average Bonchev–Trinajstić information content (AvgIpc) is 3.42. The van der Waals surface area contributed by atoms with Gasteiger partial charge in [-0.2, -0.15) is 0 Å². The highest BCUT2D eigenvalue weighted by Gasteiger charge is 2.16. The van der Waals surface area contributed by atoms with Gasteiger partial charge in [0.15, 0.2) is 0 Å². The molecule has 160 valence electrons. The van der Waals surface area contributed by atoms with E-state index in [1.165, 1.54) is 22.2 Å². The molecular weight excluding hydrogens is 396 g/mol. The van der Waals surface area contributed by atoms with Crippen molar-refractivity contribution in [3.63, 3.8) is 0 Å². The molecule has 0 unspecified atom stereocenters. The summed E-state index contributed by atoms with van der Waals surface area (Å²) in [6.07, 6.45) is 2.17. The number of hydrogen-bond acceptors (Lipinski definition) is 3. The number of nitrogens with zero attached hydrogens (tertiary/aromatic N) is 4. The molecule has 0 aliphatic carbocycles. The Kier molecular flexibility index (Phi) is 4.98. The third kappa shape index (κ3) is 3.49. The highest BCUT2D eigenvalue weighted by molar-refractivity contribution is 5.82. The summed E-state index contributed by atoms with van der Waals surface area (Å²) >= 11 is 0. The van der Waals surface area contributed by atoms with Crippen LogP contribution in [-0.4, -0.2) is 51.7 Å². The molecule has 5 heteroatoms. The minimum Gasteiger partial charge on any atom is -0.379 e. The number of ether oxygens (including phenoxy) is 1. The van der Waals surface area contributed by atoms with Crippen molar-refractivity contribution in [2.75, 3.05) is 32.8 Å². The van der Waals surface area contributed by atoms with Crippen LogP contribution in [0.2, 0.25) is 0 Å². The lowest BCUT2D eigenvalue weighted by atomic mass is 10.0. The van der Waals surface area contributed by atoms with Crippen LogP contribution in [0, 0.1) is 0 Å². The van der Waals surface area contributed by atoms with Crippen molar-refractivity contribution in [1.82, 2.24) is 18.9 Å². The van der Waals surface area contributed by atoms with E-state index in [-0.39, 0.29) is 0 Å². The predicted molar refractivity (Wildman–Crippen MR) is 129 cm³/mol. The predicted octanol–water partition coefficient (Wildman–Crippen LogP) is 4.96. The van der Waals surface area contributed by atoms with Gasteiger partial charge in [0.2, 0.25) is 5.78 Å². The third-order valence-corrected chi connectivity index (χ3v) is 6.39. The topological polar surface area (TPSA) is 34.7 Å². The smallest absolute Gasteiger partial charge is 0.215 e. The summed E-state index contributed by atoms with van der Waals surface area (Å²) in [7, 11) is 0. The van der Waals surface area contributed by atoms with Crippen LogP contribution in [0.1, 0.15) is 0 Å². The molecule has 0 spiro atoms. The van der Waals surface area contributed by atoms with Crippen molar-refractivity contribution >= 4 is 16.8 Å². The van der Waals surface area contributed by atoms with Gasteiger partial charge in [-0.1, -0.05) is 66.7 Å². The molecule has 0 N–H and O–H groups in total. The molecule has 1 saturated heterocycles. The van der Waals surface area contributed by atoms with Gasteiger partial charge in [0, 0.05) is 37.9 Å². The Morgan fingerprint density at radius 3 is 2.12 bits per heavy atom. The van der Waals surface area contributed by atoms with E-state index < -0.39 is 0 Å². The Morgan fingerprint density at radius 1 is 0.688 bits per heavy atom. The molecule has 6 rings (SSSR count). The van der Waals surface area contributed by atoms with E-state index in [4.69, 9.17) is 9.72 Å². The van der Waals surface area contributed by atoms with Crippen molar-refractivity contribution in [2.24, 2.45) is 0 Å². The maximum Gasteiger partial charge on any atom is 0.215 e. The normalized spacial score (nSPS) is 15.0. The van der Waals surface area contributed by atoms with Crippen LogP contribution in [0.15, 0.2) is 85.1 Å². The summed E-state index contributed by atoms with van der Waals surface area (Å²) in [5.74, 6) is 1.00. The van der Waals surface area contributed by atoms with Gasteiger partial charge in [-0.3, -0.25) is 9.30 Å². The highest BCUT2D eigenvalue weighted by Crippen LogP contribution is 2.28. The number of para-hydroxylation sites is 2. The second-order valence-electron chi connectivity index (χ2n) is 8.33. The van der Waals surface area contributed by atoms with Crippen LogP contribution >= 0.6 is 0 Å². The zero-order valence-corrected chi connectivity index (χ0v) is 18.0. The number of rotatable bonds is 5. The summed E-state index contributed by atoms with van der Waals surface area (Å²) < 4.78 is 10.1. The number of benzene rings is 3. The number of imidazole rings is 2. The lowest BCUT2D eigenvalue weighted by Gasteiger charge is -2.26. The van der Waals surface area contributed by atoms with E-state index in [1.54, 1.807) is 0 Å².